The van der Waals surface area contributed by atoms with Gasteiger partial charge in [0.05, 0.1) is 10.6 Å². The maximum atomic E-state index is 13.4. The van der Waals surface area contributed by atoms with Crippen LogP contribution in [0.25, 0.3) is 6.08 Å². The molecule has 2 aromatic carbocycles. The molecule has 1 fully saturated rings. The summed E-state index contributed by atoms with van der Waals surface area (Å²) in [5, 5.41) is 0.739. The van der Waals surface area contributed by atoms with Gasteiger partial charge in [-0.2, -0.15) is 0 Å². The number of amides is 1. The van der Waals surface area contributed by atoms with E-state index in [2.05, 4.69) is 43.5 Å². The Bertz CT molecular complexity index is 1130. The zero-order valence-corrected chi connectivity index (χ0v) is 19.0. The van der Waals surface area contributed by atoms with Crippen LogP contribution in [-0.4, -0.2) is 27.1 Å². The van der Waals surface area contributed by atoms with Crippen LogP contribution < -0.4 is 0 Å². The van der Waals surface area contributed by atoms with Gasteiger partial charge in [-0.1, -0.05) is 48.5 Å². The molecule has 1 aromatic heterocycles. The lowest BCUT2D eigenvalue weighted by molar-refractivity contribution is -0.122. The van der Waals surface area contributed by atoms with Gasteiger partial charge in [0.25, 0.3) is 5.91 Å². The Kier molecular flexibility index (Phi) is 6.42. The molecule has 0 radical (unpaired) electrons. The van der Waals surface area contributed by atoms with E-state index in [0.717, 1.165) is 34.3 Å². The molecule has 0 unspecified atom stereocenters. The number of rotatable bonds is 6. The van der Waals surface area contributed by atoms with Crippen molar-refractivity contribution in [3.05, 3.63) is 94.1 Å². The summed E-state index contributed by atoms with van der Waals surface area (Å²) in [5.74, 6) is 0.0249. The van der Waals surface area contributed by atoms with E-state index >= 15 is 0 Å². The number of aliphatic imine (C=N–C) groups is 1. The molecule has 0 atom stereocenters. The van der Waals surface area contributed by atoms with Crippen LogP contribution in [0.1, 0.15) is 29.4 Å². The van der Waals surface area contributed by atoms with E-state index in [1.54, 1.807) is 0 Å². The van der Waals surface area contributed by atoms with Gasteiger partial charge < -0.3 is 4.57 Å². The second-order valence-corrected chi connectivity index (χ2v) is 8.61. The summed E-state index contributed by atoms with van der Waals surface area (Å²) in [6.45, 7) is 7.89. The summed E-state index contributed by atoms with van der Waals surface area (Å²) in [6, 6.07) is 22.2. The molecule has 1 aliphatic heterocycles. The fourth-order valence-corrected chi connectivity index (χ4v) is 4.90. The molecule has 0 bridgehead atoms. The van der Waals surface area contributed by atoms with E-state index in [1.165, 1.54) is 28.7 Å². The molecule has 1 aliphatic rings. The van der Waals surface area contributed by atoms with Crippen molar-refractivity contribution in [2.45, 2.75) is 33.7 Å². The van der Waals surface area contributed by atoms with Gasteiger partial charge in [-0.25, -0.2) is 4.99 Å². The Balaban J connectivity index is 1.66. The number of carbonyl (C=O) groups excluding carboxylic acids is 1. The van der Waals surface area contributed by atoms with Crippen LogP contribution in [0.15, 0.2) is 76.6 Å². The minimum absolute atomic E-state index is 0.0249. The maximum absolute atomic E-state index is 13.4. The van der Waals surface area contributed by atoms with Crippen LogP contribution in [0, 0.1) is 13.8 Å². The largest absolute Gasteiger partial charge is 0.349 e. The fourth-order valence-electron chi connectivity index (χ4n) is 3.89. The smallest absolute Gasteiger partial charge is 0.266 e. The van der Waals surface area contributed by atoms with Gasteiger partial charge in [0.15, 0.2) is 5.17 Å². The van der Waals surface area contributed by atoms with Crippen molar-refractivity contribution in [3.8, 4) is 0 Å². The molecule has 1 amide bonds. The van der Waals surface area contributed by atoms with Gasteiger partial charge in [-0.3, -0.25) is 9.69 Å². The van der Waals surface area contributed by atoms with Crippen LogP contribution in [0.5, 0.6) is 0 Å². The lowest BCUT2D eigenvalue weighted by Gasteiger charge is -2.15. The van der Waals surface area contributed by atoms with Gasteiger partial charge in [-0.05, 0) is 74.4 Å². The minimum atomic E-state index is 0.0249. The molecule has 4 nitrogen and oxygen atoms in total. The molecule has 158 valence electrons. The summed E-state index contributed by atoms with van der Waals surface area (Å²) in [5.41, 5.74) is 5.56. The average Bonchev–Trinajstić information content (AvgIpc) is 3.22. The quantitative estimate of drug-likeness (QED) is 0.453. The first-order valence-corrected chi connectivity index (χ1v) is 11.4. The summed E-state index contributed by atoms with van der Waals surface area (Å²) in [4.78, 5) is 20.7. The highest BCUT2D eigenvalue weighted by Gasteiger charge is 2.33. The number of nitrogens with zero attached hydrogens (tertiary/aromatic N) is 3. The number of benzene rings is 2. The third-order valence-electron chi connectivity index (χ3n) is 5.55. The van der Waals surface area contributed by atoms with Gasteiger partial charge in [0, 0.05) is 24.5 Å². The predicted molar refractivity (Wildman–Crippen MR) is 131 cm³/mol. The minimum Gasteiger partial charge on any atom is -0.349 e. The van der Waals surface area contributed by atoms with Gasteiger partial charge in [0.1, 0.15) is 0 Å². The summed E-state index contributed by atoms with van der Waals surface area (Å²) >= 11 is 1.46. The molecule has 0 spiro atoms. The first-order chi connectivity index (χ1) is 15.1. The second-order valence-electron chi connectivity index (χ2n) is 7.60. The Labute approximate surface area is 188 Å². The van der Waals surface area contributed by atoms with E-state index in [9.17, 15) is 4.79 Å². The van der Waals surface area contributed by atoms with Crippen LogP contribution in [0.4, 0.5) is 5.69 Å². The Morgan fingerprint density at radius 1 is 1.00 bits per heavy atom. The van der Waals surface area contributed by atoms with E-state index < -0.39 is 0 Å². The number of aromatic nitrogens is 1. The molecule has 0 aliphatic carbocycles. The van der Waals surface area contributed by atoms with E-state index in [0.29, 0.717) is 6.54 Å². The second kappa shape index (κ2) is 9.40. The first-order valence-electron chi connectivity index (χ1n) is 10.6. The van der Waals surface area contributed by atoms with Crippen molar-refractivity contribution < 1.29 is 4.79 Å². The zero-order valence-electron chi connectivity index (χ0n) is 18.2. The number of carbonyl (C=O) groups is 1. The lowest BCUT2D eigenvalue weighted by Crippen LogP contribution is -2.31. The van der Waals surface area contributed by atoms with Gasteiger partial charge in [0.2, 0.25) is 0 Å². The monoisotopic (exact) mass is 429 g/mol. The van der Waals surface area contributed by atoms with E-state index in [4.69, 9.17) is 4.99 Å². The van der Waals surface area contributed by atoms with Crippen molar-refractivity contribution in [2.75, 3.05) is 6.54 Å². The predicted octanol–water partition coefficient (Wildman–Crippen LogP) is 5.97. The number of aryl methyl sites for hydroxylation is 1. The third-order valence-corrected chi connectivity index (χ3v) is 6.56. The highest BCUT2D eigenvalue weighted by molar-refractivity contribution is 8.18. The van der Waals surface area contributed by atoms with Gasteiger partial charge >= 0.3 is 0 Å². The molecule has 3 aromatic rings. The van der Waals surface area contributed by atoms with Crippen LogP contribution in [0.3, 0.4) is 0 Å². The molecule has 5 heteroatoms. The highest BCUT2D eigenvalue weighted by atomic mass is 32.2. The van der Waals surface area contributed by atoms with Crippen molar-refractivity contribution in [2.24, 2.45) is 4.99 Å². The topological polar surface area (TPSA) is 37.6 Å². The van der Waals surface area contributed by atoms with Crippen molar-refractivity contribution in [1.29, 1.82) is 0 Å². The van der Waals surface area contributed by atoms with Crippen LogP contribution in [-0.2, 0) is 17.8 Å². The third kappa shape index (κ3) is 4.67. The van der Waals surface area contributed by atoms with E-state index in [-0.39, 0.29) is 5.91 Å². The molecule has 0 N–H and O–H groups in total. The van der Waals surface area contributed by atoms with Crippen LogP contribution >= 0.6 is 11.8 Å². The molecule has 4 rings (SSSR count). The van der Waals surface area contributed by atoms with Crippen molar-refractivity contribution >= 4 is 34.6 Å². The Morgan fingerprint density at radius 3 is 2.32 bits per heavy atom. The number of para-hydroxylation sites is 1. The van der Waals surface area contributed by atoms with Crippen LogP contribution in [0.2, 0.25) is 0 Å². The molecular formula is C26H27N3OS. The maximum Gasteiger partial charge on any atom is 0.266 e. The number of hydrogen-bond acceptors (Lipinski definition) is 3. The zero-order chi connectivity index (χ0) is 21.8. The number of thioether (sulfide) groups is 1. The molecule has 1 saturated heterocycles. The Hall–Kier alpha value is -3.05. The van der Waals surface area contributed by atoms with Crippen molar-refractivity contribution in [1.82, 2.24) is 9.47 Å². The summed E-state index contributed by atoms with van der Waals surface area (Å²) < 4.78 is 2.27. The summed E-state index contributed by atoms with van der Waals surface area (Å²) in [6.07, 6.45) is 2.81. The van der Waals surface area contributed by atoms with Crippen molar-refractivity contribution in [3.63, 3.8) is 0 Å². The van der Waals surface area contributed by atoms with Gasteiger partial charge in [-0.15, -0.1) is 0 Å². The SMILES string of the molecule is CCn1c(C)cc(/C=C2\SC(=Nc3ccccc3)N(CCc3ccccc3)C2=O)c1C. The average molecular weight is 430 g/mol. The standard InChI is InChI=1S/C26H27N3OS/c1-4-28-19(2)17-22(20(28)3)18-24-25(30)29(16-15-21-11-7-5-8-12-21)26(31-24)27-23-13-9-6-10-14-23/h5-14,17-18H,4,15-16H2,1-3H3/b24-18-,27-26?. The first kappa shape index (κ1) is 21.2. The number of amidine groups is 1. The highest BCUT2D eigenvalue weighted by Crippen LogP contribution is 2.35. The van der Waals surface area contributed by atoms with E-state index in [1.807, 2.05) is 59.5 Å². The molecule has 0 saturated carbocycles. The Morgan fingerprint density at radius 2 is 1.68 bits per heavy atom. The normalized spacial score (nSPS) is 16.6. The number of hydrogen-bond donors (Lipinski definition) is 0. The molecule has 31 heavy (non-hydrogen) atoms. The molecular weight excluding hydrogens is 402 g/mol. The summed E-state index contributed by atoms with van der Waals surface area (Å²) in [7, 11) is 0. The lowest BCUT2D eigenvalue weighted by atomic mass is 10.1. The fraction of sp³-hybridized carbons (Fsp3) is 0.231. The molecule has 2 heterocycles.